The Hall–Kier alpha value is -1.07. The first-order chi connectivity index (χ1) is 9.24. The summed E-state index contributed by atoms with van der Waals surface area (Å²) >= 11 is 3.51. The van der Waals surface area contributed by atoms with Crippen LogP contribution in [-0.2, 0) is 4.79 Å². The average molecular weight is 324 g/mol. The number of carbonyl (C=O) groups is 1. The van der Waals surface area contributed by atoms with Crippen LogP contribution in [0.3, 0.4) is 0 Å². The maximum Gasteiger partial charge on any atom is 0.237 e. The van der Waals surface area contributed by atoms with Crippen LogP contribution in [0.25, 0.3) is 0 Å². The van der Waals surface area contributed by atoms with Crippen molar-refractivity contribution in [3.8, 4) is 0 Å². The lowest BCUT2D eigenvalue weighted by Gasteiger charge is -2.38. The van der Waals surface area contributed by atoms with Gasteiger partial charge in [0.1, 0.15) is 0 Å². The Morgan fingerprint density at radius 3 is 2.63 bits per heavy atom. The van der Waals surface area contributed by atoms with Crippen molar-refractivity contribution in [1.82, 2.24) is 10.2 Å². The molecule has 1 amide bonds. The summed E-state index contributed by atoms with van der Waals surface area (Å²) < 4.78 is 1.11. The SMILES string of the molecule is O=C1NCC[C@H]1N1CCN(c2cccc(Br)c2)CC1. The standard InChI is InChI=1S/C14H18BrN3O/c15-11-2-1-3-12(10-11)17-6-8-18(9-7-17)13-4-5-16-14(13)19/h1-3,10,13H,4-9H2,(H,16,19)/t13-/m1/s1. The smallest absolute Gasteiger partial charge is 0.237 e. The molecule has 5 heteroatoms. The minimum absolute atomic E-state index is 0.102. The summed E-state index contributed by atoms with van der Waals surface area (Å²) in [4.78, 5) is 16.4. The van der Waals surface area contributed by atoms with E-state index in [0.717, 1.165) is 43.6 Å². The average Bonchev–Trinajstić information content (AvgIpc) is 2.85. The lowest BCUT2D eigenvalue weighted by molar-refractivity contribution is -0.123. The molecule has 2 aliphatic heterocycles. The topological polar surface area (TPSA) is 35.6 Å². The summed E-state index contributed by atoms with van der Waals surface area (Å²) in [6.07, 6.45) is 0.954. The van der Waals surface area contributed by atoms with Crippen LogP contribution in [-0.4, -0.2) is 49.6 Å². The van der Waals surface area contributed by atoms with E-state index in [1.807, 2.05) is 6.07 Å². The van der Waals surface area contributed by atoms with Crippen LogP contribution in [0.15, 0.2) is 28.7 Å². The van der Waals surface area contributed by atoms with Gasteiger partial charge in [-0.1, -0.05) is 22.0 Å². The molecule has 0 aromatic heterocycles. The molecule has 3 rings (SSSR count). The van der Waals surface area contributed by atoms with E-state index in [4.69, 9.17) is 0 Å². The van der Waals surface area contributed by atoms with Crippen LogP contribution in [0.5, 0.6) is 0 Å². The molecule has 0 spiro atoms. The number of anilines is 1. The molecule has 2 fully saturated rings. The number of nitrogens with one attached hydrogen (secondary N) is 1. The molecule has 2 saturated heterocycles. The summed E-state index contributed by atoms with van der Waals surface area (Å²) in [5, 5.41) is 2.92. The quantitative estimate of drug-likeness (QED) is 0.895. The zero-order chi connectivity index (χ0) is 13.2. The first-order valence-corrected chi connectivity index (χ1v) is 7.55. The molecule has 2 aliphatic rings. The van der Waals surface area contributed by atoms with E-state index >= 15 is 0 Å². The Morgan fingerprint density at radius 1 is 1.21 bits per heavy atom. The number of piperazine rings is 1. The lowest BCUT2D eigenvalue weighted by Crippen LogP contribution is -2.52. The number of hydrogen-bond acceptors (Lipinski definition) is 3. The second-order valence-corrected chi connectivity index (χ2v) is 6.01. The van der Waals surface area contributed by atoms with Gasteiger partial charge in [-0.15, -0.1) is 0 Å². The highest BCUT2D eigenvalue weighted by Gasteiger charge is 2.32. The van der Waals surface area contributed by atoms with Gasteiger partial charge in [0.25, 0.3) is 0 Å². The predicted molar refractivity (Wildman–Crippen MR) is 79.3 cm³/mol. The first kappa shape index (κ1) is 12.9. The van der Waals surface area contributed by atoms with Gasteiger partial charge < -0.3 is 10.2 Å². The second-order valence-electron chi connectivity index (χ2n) is 5.10. The van der Waals surface area contributed by atoms with Crippen LogP contribution < -0.4 is 10.2 Å². The maximum atomic E-state index is 11.7. The third-order valence-electron chi connectivity index (χ3n) is 3.95. The number of amides is 1. The number of rotatable bonds is 2. The van der Waals surface area contributed by atoms with E-state index in [1.165, 1.54) is 5.69 Å². The highest BCUT2D eigenvalue weighted by Crippen LogP contribution is 2.22. The van der Waals surface area contributed by atoms with E-state index < -0.39 is 0 Å². The Labute approximate surface area is 121 Å². The van der Waals surface area contributed by atoms with E-state index in [-0.39, 0.29) is 11.9 Å². The van der Waals surface area contributed by atoms with Crippen molar-refractivity contribution in [3.63, 3.8) is 0 Å². The molecule has 0 unspecified atom stereocenters. The molecule has 0 radical (unpaired) electrons. The molecule has 19 heavy (non-hydrogen) atoms. The second kappa shape index (κ2) is 5.51. The predicted octanol–water partition coefficient (Wildman–Crippen LogP) is 1.46. The van der Waals surface area contributed by atoms with Gasteiger partial charge in [0.05, 0.1) is 6.04 Å². The zero-order valence-corrected chi connectivity index (χ0v) is 12.4. The third-order valence-corrected chi connectivity index (χ3v) is 4.44. The van der Waals surface area contributed by atoms with Crippen molar-refractivity contribution in [2.45, 2.75) is 12.5 Å². The van der Waals surface area contributed by atoms with Gasteiger partial charge in [-0.2, -0.15) is 0 Å². The molecule has 0 aliphatic carbocycles. The van der Waals surface area contributed by atoms with E-state index in [9.17, 15) is 4.79 Å². The van der Waals surface area contributed by atoms with Crippen molar-refractivity contribution in [3.05, 3.63) is 28.7 Å². The molecule has 0 saturated carbocycles. The van der Waals surface area contributed by atoms with Gasteiger partial charge >= 0.3 is 0 Å². The van der Waals surface area contributed by atoms with Crippen LogP contribution >= 0.6 is 15.9 Å². The van der Waals surface area contributed by atoms with Crippen LogP contribution in [0.2, 0.25) is 0 Å². The minimum Gasteiger partial charge on any atom is -0.369 e. The Bertz CT molecular complexity index is 472. The van der Waals surface area contributed by atoms with Gasteiger partial charge in [-0.05, 0) is 24.6 Å². The van der Waals surface area contributed by atoms with E-state index in [0.29, 0.717) is 0 Å². The summed E-state index contributed by atoms with van der Waals surface area (Å²) in [5.41, 5.74) is 1.25. The maximum absolute atomic E-state index is 11.7. The summed E-state index contributed by atoms with van der Waals surface area (Å²) in [7, 11) is 0. The van der Waals surface area contributed by atoms with Crippen molar-refractivity contribution >= 4 is 27.5 Å². The molecule has 1 aromatic rings. The largest absolute Gasteiger partial charge is 0.369 e. The number of benzene rings is 1. The summed E-state index contributed by atoms with van der Waals surface area (Å²) in [5.74, 6) is 0.205. The van der Waals surface area contributed by atoms with Crippen molar-refractivity contribution in [2.24, 2.45) is 0 Å². The minimum atomic E-state index is 0.102. The molecule has 2 heterocycles. The van der Waals surface area contributed by atoms with Gasteiger partial charge in [-0.3, -0.25) is 9.69 Å². The summed E-state index contributed by atoms with van der Waals surface area (Å²) in [6, 6.07) is 8.50. The fraction of sp³-hybridized carbons (Fsp3) is 0.500. The number of nitrogens with zero attached hydrogens (tertiary/aromatic N) is 2. The number of hydrogen-bond donors (Lipinski definition) is 1. The number of halogens is 1. The first-order valence-electron chi connectivity index (χ1n) is 6.76. The van der Waals surface area contributed by atoms with Crippen molar-refractivity contribution < 1.29 is 4.79 Å². The van der Waals surface area contributed by atoms with E-state index in [2.05, 4.69) is 49.2 Å². The molecular formula is C14H18BrN3O. The Kier molecular flexibility index (Phi) is 3.75. The monoisotopic (exact) mass is 323 g/mol. The highest BCUT2D eigenvalue weighted by molar-refractivity contribution is 9.10. The molecule has 1 atom stereocenters. The molecule has 1 aromatic carbocycles. The molecule has 4 nitrogen and oxygen atoms in total. The Balaban J connectivity index is 1.61. The van der Waals surface area contributed by atoms with E-state index in [1.54, 1.807) is 0 Å². The van der Waals surface area contributed by atoms with Crippen LogP contribution in [0.4, 0.5) is 5.69 Å². The molecule has 0 bridgehead atoms. The molecule has 102 valence electrons. The summed E-state index contributed by atoms with van der Waals surface area (Å²) in [6.45, 7) is 4.73. The van der Waals surface area contributed by atoms with Crippen molar-refractivity contribution in [2.75, 3.05) is 37.6 Å². The van der Waals surface area contributed by atoms with Crippen LogP contribution in [0.1, 0.15) is 6.42 Å². The number of carbonyl (C=O) groups excluding carboxylic acids is 1. The van der Waals surface area contributed by atoms with Gasteiger partial charge in [0, 0.05) is 42.9 Å². The lowest BCUT2D eigenvalue weighted by atomic mass is 10.1. The van der Waals surface area contributed by atoms with Gasteiger partial charge in [0.2, 0.25) is 5.91 Å². The third kappa shape index (κ3) is 2.77. The van der Waals surface area contributed by atoms with Gasteiger partial charge in [0.15, 0.2) is 0 Å². The van der Waals surface area contributed by atoms with Gasteiger partial charge in [-0.25, -0.2) is 0 Å². The zero-order valence-electron chi connectivity index (χ0n) is 10.8. The highest BCUT2D eigenvalue weighted by atomic mass is 79.9. The fourth-order valence-corrected chi connectivity index (χ4v) is 3.28. The molecular weight excluding hydrogens is 306 g/mol. The normalized spacial score (nSPS) is 24.6. The fourth-order valence-electron chi connectivity index (χ4n) is 2.89. The van der Waals surface area contributed by atoms with Crippen LogP contribution in [0, 0.1) is 0 Å². The van der Waals surface area contributed by atoms with Crippen molar-refractivity contribution in [1.29, 1.82) is 0 Å². The Morgan fingerprint density at radius 2 is 2.00 bits per heavy atom. The molecule has 1 N–H and O–H groups in total.